The van der Waals surface area contributed by atoms with Gasteiger partial charge in [-0.1, -0.05) is 37.3 Å². The van der Waals surface area contributed by atoms with Crippen molar-refractivity contribution in [2.75, 3.05) is 7.05 Å². The van der Waals surface area contributed by atoms with E-state index < -0.39 is 0 Å². The highest BCUT2D eigenvalue weighted by Gasteiger charge is 2.28. The fourth-order valence-electron chi connectivity index (χ4n) is 3.21. The normalized spacial score (nSPS) is 21.3. The average molecular weight is 301 g/mol. The molecule has 2 unspecified atom stereocenters. The molecule has 0 aliphatic heterocycles. The third-order valence-corrected chi connectivity index (χ3v) is 5.52. The van der Waals surface area contributed by atoms with E-state index in [0.29, 0.717) is 12.1 Å². The minimum absolute atomic E-state index is 0.128. The SMILES string of the molecule is CC(N)C(c1ccc(Cl)s1)N(C)C1CCCCCC1. The van der Waals surface area contributed by atoms with Crippen molar-refractivity contribution in [2.45, 2.75) is 63.6 Å². The maximum atomic E-state index is 6.25. The number of hydrogen-bond acceptors (Lipinski definition) is 3. The van der Waals surface area contributed by atoms with Crippen molar-refractivity contribution < 1.29 is 0 Å². The fourth-order valence-corrected chi connectivity index (χ4v) is 4.54. The molecule has 0 amide bonds. The Morgan fingerprint density at radius 3 is 2.37 bits per heavy atom. The minimum Gasteiger partial charge on any atom is -0.326 e. The molecule has 1 saturated carbocycles. The predicted octanol–water partition coefficient (Wildman–Crippen LogP) is 4.44. The van der Waals surface area contributed by atoms with E-state index in [0.717, 1.165) is 4.34 Å². The quantitative estimate of drug-likeness (QED) is 0.833. The molecule has 1 aromatic rings. The van der Waals surface area contributed by atoms with E-state index in [1.165, 1.54) is 43.4 Å². The van der Waals surface area contributed by atoms with Crippen molar-refractivity contribution in [1.82, 2.24) is 4.90 Å². The lowest BCUT2D eigenvalue weighted by Crippen LogP contribution is -2.42. The highest BCUT2D eigenvalue weighted by atomic mass is 35.5. The molecule has 0 aromatic carbocycles. The number of likely N-dealkylation sites (N-methyl/N-ethyl adjacent to an activating group) is 1. The Morgan fingerprint density at radius 2 is 1.89 bits per heavy atom. The van der Waals surface area contributed by atoms with Gasteiger partial charge >= 0.3 is 0 Å². The van der Waals surface area contributed by atoms with Crippen LogP contribution in [0.3, 0.4) is 0 Å². The lowest BCUT2D eigenvalue weighted by atomic mass is 10.0. The Labute approximate surface area is 125 Å². The maximum Gasteiger partial charge on any atom is 0.0931 e. The van der Waals surface area contributed by atoms with Crippen LogP contribution >= 0.6 is 22.9 Å². The van der Waals surface area contributed by atoms with Gasteiger partial charge in [-0.2, -0.15) is 0 Å². The van der Waals surface area contributed by atoms with Crippen LogP contribution in [-0.4, -0.2) is 24.0 Å². The summed E-state index contributed by atoms with van der Waals surface area (Å²) in [6.07, 6.45) is 8.09. The van der Waals surface area contributed by atoms with E-state index in [4.69, 9.17) is 17.3 Å². The van der Waals surface area contributed by atoms with Gasteiger partial charge in [-0.15, -0.1) is 11.3 Å². The van der Waals surface area contributed by atoms with Gasteiger partial charge in [0.1, 0.15) is 0 Å². The molecule has 2 N–H and O–H groups in total. The molecule has 2 rings (SSSR count). The summed E-state index contributed by atoms with van der Waals surface area (Å²) in [5.41, 5.74) is 6.25. The Balaban J connectivity index is 2.13. The number of halogens is 1. The summed E-state index contributed by atoms with van der Waals surface area (Å²) < 4.78 is 0.856. The molecule has 1 aliphatic rings. The van der Waals surface area contributed by atoms with Gasteiger partial charge in [0, 0.05) is 17.0 Å². The lowest BCUT2D eigenvalue weighted by Gasteiger charge is -2.36. The van der Waals surface area contributed by atoms with Crippen LogP contribution in [0, 0.1) is 0 Å². The molecular formula is C15H25ClN2S. The third-order valence-electron chi connectivity index (χ3n) is 4.22. The van der Waals surface area contributed by atoms with Crippen molar-refractivity contribution in [3.63, 3.8) is 0 Å². The molecule has 1 heterocycles. The first kappa shape index (κ1) is 15.3. The van der Waals surface area contributed by atoms with E-state index >= 15 is 0 Å². The van der Waals surface area contributed by atoms with Crippen LogP contribution in [-0.2, 0) is 0 Å². The molecular weight excluding hydrogens is 276 g/mol. The molecule has 0 radical (unpaired) electrons. The van der Waals surface area contributed by atoms with Gasteiger partial charge in [-0.05, 0) is 38.9 Å². The molecule has 1 aliphatic carbocycles. The second-order valence-electron chi connectivity index (χ2n) is 5.76. The zero-order chi connectivity index (χ0) is 13.8. The van der Waals surface area contributed by atoms with E-state index in [1.54, 1.807) is 11.3 Å². The summed E-state index contributed by atoms with van der Waals surface area (Å²) in [5.74, 6) is 0. The smallest absolute Gasteiger partial charge is 0.0931 e. The Bertz CT molecular complexity index is 383. The Morgan fingerprint density at radius 1 is 1.26 bits per heavy atom. The highest BCUT2D eigenvalue weighted by molar-refractivity contribution is 7.16. The van der Waals surface area contributed by atoms with Crippen LogP contribution < -0.4 is 5.73 Å². The number of nitrogens with two attached hydrogens (primary N) is 1. The molecule has 4 heteroatoms. The van der Waals surface area contributed by atoms with Gasteiger partial charge in [0.15, 0.2) is 0 Å². The molecule has 0 bridgehead atoms. The average Bonchev–Trinajstić information content (AvgIpc) is 2.65. The zero-order valence-electron chi connectivity index (χ0n) is 11.9. The molecule has 0 saturated heterocycles. The van der Waals surface area contributed by atoms with Crippen LogP contribution in [0.5, 0.6) is 0 Å². The minimum atomic E-state index is 0.128. The zero-order valence-corrected chi connectivity index (χ0v) is 13.5. The van der Waals surface area contributed by atoms with E-state index in [1.807, 2.05) is 6.07 Å². The summed E-state index contributed by atoms with van der Waals surface area (Å²) in [5, 5.41) is 0. The monoisotopic (exact) mass is 300 g/mol. The van der Waals surface area contributed by atoms with E-state index in [9.17, 15) is 0 Å². The van der Waals surface area contributed by atoms with E-state index in [2.05, 4.69) is 24.9 Å². The van der Waals surface area contributed by atoms with Crippen molar-refractivity contribution in [1.29, 1.82) is 0 Å². The third kappa shape index (κ3) is 3.94. The Hall–Kier alpha value is -0.0900. The summed E-state index contributed by atoms with van der Waals surface area (Å²) in [6.45, 7) is 2.10. The molecule has 2 nitrogen and oxygen atoms in total. The number of thiophene rings is 1. The number of hydrogen-bond donors (Lipinski definition) is 1. The molecule has 2 atom stereocenters. The molecule has 1 aromatic heterocycles. The van der Waals surface area contributed by atoms with Gasteiger partial charge in [0.25, 0.3) is 0 Å². The van der Waals surface area contributed by atoms with Crippen LogP contribution in [0.4, 0.5) is 0 Å². The summed E-state index contributed by atoms with van der Waals surface area (Å²) in [4.78, 5) is 3.80. The van der Waals surface area contributed by atoms with Crippen LogP contribution in [0.25, 0.3) is 0 Å². The van der Waals surface area contributed by atoms with Gasteiger partial charge in [-0.3, -0.25) is 4.90 Å². The number of rotatable bonds is 4. The van der Waals surface area contributed by atoms with Gasteiger partial charge < -0.3 is 5.73 Å². The van der Waals surface area contributed by atoms with Crippen LogP contribution in [0.1, 0.15) is 56.4 Å². The fraction of sp³-hybridized carbons (Fsp3) is 0.733. The van der Waals surface area contributed by atoms with Crippen molar-refractivity contribution in [3.05, 3.63) is 21.3 Å². The standard InChI is InChI=1S/C15H25ClN2S/c1-11(17)15(13-9-10-14(16)19-13)18(2)12-7-5-3-4-6-8-12/h9-12,15H,3-8,17H2,1-2H3. The van der Waals surface area contributed by atoms with Crippen molar-refractivity contribution in [2.24, 2.45) is 5.73 Å². The second-order valence-corrected chi connectivity index (χ2v) is 7.50. The Kier molecular flexibility index (Phi) is 5.70. The maximum absolute atomic E-state index is 6.25. The van der Waals surface area contributed by atoms with Crippen molar-refractivity contribution >= 4 is 22.9 Å². The van der Waals surface area contributed by atoms with E-state index in [-0.39, 0.29) is 6.04 Å². The van der Waals surface area contributed by atoms with Crippen LogP contribution in [0.2, 0.25) is 4.34 Å². The van der Waals surface area contributed by atoms with Gasteiger partial charge in [0.05, 0.1) is 10.4 Å². The summed E-state index contributed by atoms with van der Waals surface area (Å²) in [6, 6.07) is 5.20. The first-order valence-electron chi connectivity index (χ1n) is 7.32. The molecule has 0 spiro atoms. The predicted molar refractivity (Wildman–Crippen MR) is 85.0 cm³/mol. The first-order valence-corrected chi connectivity index (χ1v) is 8.52. The second kappa shape index (κ2) is 7.07. The topological polar surface area (TPSA) is 29.3 Å². The highest BCUT2D eigenvalue weighted by Crippen LogP contribution is 2.34. The first-order chi connectivity index (χ1) is 9.09. The number of nitrogens with zero attached hydrogens (tertiary/aromatic N) is 1. The molecule has 19 heavy (non-hydrogen) atoms. The largest absolute Gasteiger partial charge is 0.326 e. The van der Waals surface area contributed by atoms with Gasteiger partial charge in [-0.25, -0.2) is 0 Å². The van der Waals surface area contributed by atoms with Crippen molar-refractivity contribution in [3.8, 4) is 0 Å². The lowest BCUT2D eigenvalue weighted by molar-refractivity contribution is 0.143. The van der Waals surface area contributed by atoms with Crippen LogP contribution in [0.15, 0.2) is 12.1 Å². The summed E-state index contributed by atoms with van der Waals surface area (Å²) in [7, 11) is 2.23. The summed E-state index contributed by atoms with van der Waals surface area (Å²) >= 11 is 7.75. The molecule has 1 fully saturated rings. The van der Waals surface area contributed by atoms with Gasteiger partial charge in [0.2, 0.25) is 0 Å². The molecule has 108 valence electrons.